The van der Waals surface area contributed by atoms with Crippen molar-refractivity contribution in [3.8, 4) is 11.5 Å². The van der Waals surface area contributed by atoms with Gasteiger partial charge in [-0.25, -0.2) is 0 Å². The average Bonchev–Trinajstić information content (AvgIpc) is 2.48. The summed E-state index contributed by atoms with van der Waals surface area (Å²) in [4.78, 5) is 0.840. The quantitative estimate of drug-likeness (QED) is 0.886. The SMILES string of the molecule is Cc1ccccc1S(=O)Cc1cc2c(cc1N)OCCO2. The number of fused-ring (bicyclic) bond motifs is 1. The Morgan fingerprint density at radius 2 is 1.81 bits per heavy atom. The van der Waals surface area contributed by atoms with Gasteiger partial charge in [-0.2, -0.15) is 0 Å². The number of anilines is 1. The third-order valence-electron chi connectivity index (χ3n) is 3.43. The van der Waals surface area contributed by atoms with E-state index in [9.17, 15) is 4.21 Å². The summed E-state index contributed by atoms with van der Waals surface area (Å²) in [5, 5.41) is 0. The van der Waals surface area contributed by atoms with Crippen LogP contribution < -0.4 is 15.2 Å². The Morgan fingerprint density at radius 1 is 1.14 bits per heavy atom. The molecular weight excluding hydrogens is 286 g/mol. The molecule has 0 radical (unpaired) electrons. The van der Waals surface area contributed by atoms with Crippen LogP contribution in [0.5, 0.6) is 11.5 Å². The third-order valence-corrected chi connectivity index (χ3v) is 4.95. The van der Waals surface area contributed by atoms with Gasteiger partial charge in [-0.15, -0.1) is 0 Å². The molecule has 0 saturated carbocycles. The van der Waals surface area contributed by atoms with E-state index in [1.807, 2.05) is 37.3 Å². The summed E-state index contributed by atoms with van der Waals surface area (Å²) in [5.74, 6) is 1.70. The highest BCUT2D eigenvalue weighted by Crippen LogP contribution is 2.35. The van der Waals surface area contributed by atoms with Gasteiger partial charge in [-0.3, -0.25) is 4.21 Å². The summed E-state index contributed by atoms with van der Waals surface area (Å²) < 4.78 is 23.6. The van der Waals surface area contributed by atoms with E-state index in [1.54, 1.807) is 6.07 Å². The van der Waals surface area contributed by atoms with Crippen LogP contribution in [-0.2, 0) is 16.6 Å². The second-order valence-corrected chi connectivity index (χ2v) is 6.37. The number of aryl methyl sites for hydroxylation is 1. The number of hydrogen-bond acceptors (Lipinski definition) is 4. The molecule has 1 atom stereocenters. The van der Waals surface area contributed by atoms with Crippen LogP contribution in [0.4, 0.5) is 5.69 Å². The lowest BCUT2D eigenvalue weighted by atomic mass is 10.2. The van der Waals surface area contributed by atoms with Gasteiger partial charge in [-0.1, -0.05) is 18.2 Å². The summed E-state index contributed by atoms with van der Waals surface area (Å²) in [6.45, 7) is 3.01. The second-order valence-electron chi connectivity index (χ2n) is 4.95. The van der Waals surface area contributed by atoms with E-state index >= 15 is 0 Å². The van der Waals surface area contributed by atoms with Gasteiger partial charge in [0.2, 0.25) is 0 Å². The minimum atomic E-state index is -1.13. The normalized spacial score (nSPS) is 14.7. The molecule has 2 N–H and O–H groups in total. The van der Waals surface area contributed by atoms with Gasteiger partial charge in [0.25, 0.3) is 0 Å². The predicted octanol–water partition coefficient (Wildman–Crippen LogP) is 2.66. The Kier molecular flexibility index (Phi) is 3.84. The molecule has 5 heteroatoms. The minimum absolute atomic E-state index is 0.368. The minimum Gasteiger partial charge on any atom is -0.486 e. The number of hydrogen-bond donors (Lipinski definition) is 1. The predicted molar refractivity (Wildman–Crippen MR) is 83.1 cm³/mol. The summed E-state index contributed by atoms with van der Waals surface area (Å²) in [5.41, 5.74) is 8.46. The van der Waals surface area contributed by atoms with Crippen LogP contribution >= 0.6 is 0 Å². The molecule has 1 aliphatic heterocycles. The van der Waals surface area contributed by atoms with Crippen molar-refractivity contribution >= 4 is 16.5 Å². The van der Waals surface area contributed by atoms with Gasteiger partial charge < -0.3 is 15.2 Å². The molecule has 1 aliphatic rings. The number of rotatable bonds is 3. The van der Waals surface area contributed by atoms with Gasteiger partial charge in [0.15, 0.2) is 11.5 Å². The van der Waals surface area contributed by atoms with Crippen molar-refractivity contribution in [1.29, 1.82) is 0 Å². The molecule has 0 bridgehead atoms. The first-order valence-electron chi connectivity index (χ1n) is 6.77. The fourth-order valence-corrected chi connectivity index (χ4v) is 3.65. The van der Waals surface area contributed by atoms with Crippen molar-refractivity contribution in [3.05, 3.63) is 47.5 Å². The molecule has 4 nitrogen and oxygen atoms in total. The Balaban J connectivity index is 1.88. The van der Waals surface area contributed by atoms with E-state index in [0.717, 1.165) is 16.0 Å². The number of ether oxygens (including phenoxy) is 2. The smallest absolute Gasteiger partial charge is 0.163 e. The third kappa shape index (κ3) is 2.88. The van der Waals surface area contributed by atoms with Crippen LogP contribution in [0, 0.1) is 6.92 Å². The molecule has 0 aliphatic carbocycles. The van der Waals surface area contributed by atoms with Crippen LogP contribution in [0.25, 0.3) is 0 Å². The highest BCUT2D eigenvalue weighted by Gasteiger charge is 2.17. The van der Waals surface area contributed by atoms with E-state index in [4.69, 9.17) is 15.2 Å². The van der Waals surface area contributed by atoms with Gasteiger partial charge in [0, 0.05) is 16.6 Å². The maximum Gasteiger partial charge on any atom is 0.163 e. The standard InChI is InChI=1S/C16H17NO3S/c1-11-4-2-3-5-16(11)21(18)10-12-8-14-15(9-13(12)17)20-7-6-19-14/h2-5,8-9H,6-7,10,17H2,1H3. The molecule has 2 aromatic rings. The molecule has 0 fully saturated rings. The topological polar surface area (TPSA) is 61.6 Å². The zero-order chi connectivity index (χ0) is 14.8. The lowest BCUT2D eigenvalue weighted by Gasteiger charge is -2.20. The number of nitrogen functional groups attached to an aromatic ring is 1. The first-order chi connectivity index (χ1) is 10.1. The zero-order valence-electron chi connectivity index (χ0n) is 11.8. The first kappa shape index (κ1) is 13.9. The fourth-order valence-electron chi connectivity index (χ4n) is 2.30. The van der Waals surface area contributed by atoms with Crippen molar-refractivity contribution < 1.29 is 13.7 Å². The molecular formula is C16H17NO3S. The molecule has 1 heterocycles. The number of nitrogens with two attached hydrogens (primary N) is 1. The zero-order valence-corrected chi connectivity index (χ0v) is 12.6. The Morgan fingerprint density at radius 3 is 2.52 bits per heavy atom. The summed E-state index contributed by atoms with van der Waals surface area (Å²) in [7, 11) is -1.13. The molecule has 2 aromatic carbocycles. The Hall–Kier alpha value is -2.01. The largest absolute Gasteiger partial charge is 0.486 e. The maximum atomic E-state index is 12.5. The average molecular weight is 303 g/mol. The van der Waals surface area contributed by atoms with Crippen molar-refractivity contribution in [3.63, 3.8) is 0 Å². The van der Waals surface area contributed by atoms with E-state index in [-0.39, 0.29) is 0 Å². The lowest BCUT2D eigenvalue weighted by Crippen LogP contribution is -2.16. The van der Waals surface area contributed by atoms with Gasteiger partial charge in [0.1, 0.15) is 13.2 Å². The van der Waals surface area contributed by atoms with E-state index in [2.05, 4.69) is 0 Å². The summed E-state index contributed by atoms with van der Waals surface area (Å²) in [6, 6.07) is 11.3. The van der Waals surface area contributed by atoms with Crippen LogP contribution in [-0.4, -0.2) is 17.4 Å². The fraction of sp³-hybridized carbons (Fsp3) is 0.250. The Labute approximate surface area is 126 Å². The van der Waals surface area contributed by atoms with Crippen molar-refractivity contribution in [2.24, 2.45) is 0 Å². The van der Waals surface area contributed by atoms with Crippen LogP contribution in [0.15, 0.2) is 41.3 Å². The van der Waals surface area contributed by atoms with Crippen LogP contribution in [0.2, 0.25) is 0 Å². The monoisotopic (exact) mass is 303 g/mol. The Bertz CT molecular complexity index is 700. The molecule has 110 valence electrons. The van der Waals surface area contributed by atoms with Gasteiger partial charge >= 0.3 is 0 Å². The van der Waals surface area contributed by atoms with E-state index in [1.165, 1.54) is 0 Å². The molecule has 0 saturated heterocycles. The van der Waals surface area contributed by atoms with Crippen LogP contribution in [0.1, 0.15) is 11.1 Å². The van der Waals surface area contributed by atoms with E-state index in [0.29, 0.717) is 36.2 Å². The van der Waals surface area contributed by atoms with Gasteiger partial charge in [-0.05, 0) is 30.2 Å². The highest BCUT2D eigenvalue weighted by atomic mass is 32.2. The van der Waals surface area contributed by atoms with Crippen molar-refractivity contribution in [1.82, 2.24) is 0 Å². The maximum absolute atomic E-state index is 12.5. The summed E-state index contributed by atoms with van der Waals surface area (Å²) >= 11 is 0. The molecule has 21 heavy (non-hydrogen) atoms. The lowest BCUT2D eigenvalue weighted by molar-refractivity contribution is 0.171. The second kappa shape index (κ2) is 5.77. The van der Waals surface area contributed by atoms with Crippen molar-refractivity contribution in [2.45, 2.75) is 17.6 Å². The van der Waals surface area contributed by atoms with Gasteiger partial charge in [0.05, 0.1) is 16.6 Å². The molecule has 1 unspecified atom stereocenters. The summed E-state index contributed by atoms with van der Waals surface area (Å²) in [6.07, 6.45) is 0. The molecule has 3 rings (SSSR count). The molecule has 0 amide bonds. The van der Waals surface area contributed by atoms with Crippen molar-refractivity contribution in [2.75, 3.05) is 18.9 Å². The molecule has 0 spiro atoms. The van der Waals surface area contributed by atoms with Crippen LogP contribution in [0.3, 0.4) is 0 Å². The highest BCUT2D eigenvalue weighted by molar-refractivity contribution is 7.84. The first-order valence-corrected chi connectivity index (χ1v) is 8.09. The molecule has 0 aromatic heterocycles. The number of benzene rings is 2. The van der Waals surface area contributed by atoms with E-state index < -0.39 is 10.8 Å².